The Morgan fingerprint density at radius 1 is 1.50 bits per heavy atom. The van der Waals surface area contributed by atoms with Gasteiger partial charge in [0, 0.05) is 12.6 Å². The van der Waals surface area contributed by atoms with E-state index in [4.69, 9.17) is 10.5 Å². The number of hydrogen-bond donors (Lipinski definition) is 1. The van der Waals surface area contributed by atoms with Crippen LogP contribution in [0, 0.1) is 11.8 Å². The Morgan fingerprint density at radius 2 is 2.25 bits per heavy atom. The van der Waals surface area contributed by atoms with E-state index in [2.05, 4.69) is 13.8 Å². The summed E-state index contributed by atoms with van der Waals surface area (Å²) in [5, 5.41) is 0. The van der Waals surface area contributed by atoms with Crippen LogP contribution < -0.4 is 5.73 Å². The number of rotatable bonds is 3. The highest BCUT2D eigenvalue weighted by Gasteiger charge is 2.21. The van der Waals surface area contributed by atoms with Crippen molar-refractivity contribution in [1.82, 2.24) is 0 Å². The Bertz CT molecular complexity index is 125. The summed E-state index contributed by atoms with van der Waals surface area (Å²) in [6.45, 7) is 6.22. The van der Waals surface area contributed by atoms with Crippen molar-refractivity contribution in [2.75, 3.05) is 13.2 Å². The van der Waals surface area contributed by atoms with Crippen LogP contribution in [0.1, 0.15) is 33.1 Å². The van der Waals surface area contributed by atoms with Gasteiger partial charge in [-0.05, 0) is 24.7 Å². The van der Waals surface area contributed by atoms with Crippen molar-refractivity contribution >= 4 is 0 Å². The summed E-state index contributed by atoms with van der Waals surface area (Å²) in [6, 6.07) is 0.289. The van der Waals surface area contributed by atoms with Crippen molar-refractivity contribution < 1.29 is 4.74 Å². The highest BCUT2D eigenvalue weighted by Crippen LogP contribution is 2.21. The van der Waals surface area contributed by atoms with E-state index in [0.29, 0.717) is 5.92 Å². The van der Waals surface area contributed by atoms with Crippen LogP contribution in [-0.2, 0) is 4.74 Å². The van der Waals surface area contributed by atoms with E-state index in [9.17, 15) is 0 Å². The van der Waals surface area contributed by atoms with E-state index in [0.717, 1.165) is 25.6 Å². The number of hydrogen-bond acceptors (Lipinski definition) is 2. The lowest BCUT2D eigenvalue weighted by atomic mass is 9.88. The molecule has 0 saturated carbocycles. The monoisotopic (exact) mass is 171 g/mol. The van der Waals surface area contributed by atoms with E-state index >= 15 is 0 Å². The molecule has 0 radical (unpaired) electrons. The topological polar surface area (TPSA) is 35.2 Å². The fraction of sp³-hybridized carbons (Fsp3) is 1.00. The third-order valence-corrected chi connectivity index (χ3v) is 2.66. The molecular formula is C10H21NO. The molecule has 1 rings (SSSR count). The van der Waals surface area contributed by atoms with Gasteiger partial charge in [-0.1, -0.05) is 20.3 Å². The van der Waals surface area contributed by atoms with Crippen LogP contribution in [0.3, 0.4) is 0 Å². The molecule has 2 atom stereocenters. The summed E-state index contributed by atoms with van der Waals surface area (Å²) in [6.07, 6.45) is 3.74. The first-order chi connectivity index (χ1) is 5.70. The van der Waals surface area contributed by atoms with Crippen LogP contribution in [0.25, 0.3) is 0 Å². The van der Waals surface area contributed by atoms with Gasteiger partial charge in [-0.3, -0.25) is 0 Å². The summed E-state index contributed by atoms with van der Waals surface area (Å²) in [4.78, 5) is 0. The van der Waals surface area contributed by atoms with Crippen molar-refractivity contribution in [3.63, 3.8) is 0 Å². The van der Waals surface area contributed by atoms with E-state index < -0.39 is 0 Å². The maximum absolute atomic E-state index is 5.94. The second kappa shape index (κ2) is 4.83. The van der Waals surface area contributed by atoms with Crippen LogP contribution in [0.5, 0.6) is 0 Å². The molecule has 1 aliphatic heterocycles. The quantitative estimate of drug-likeness (QED) is 0.702. The zero-order valence-corrected chi connectivity index (χ0v) is 8.25. The minimum atomic E-state index is 0.289. The summed E-state index contributed by atoms with van der Waals surface area (Å²) < 4.78 is 5.29. The van der Waals surface area contributed by atoms with Crippen molar-refractivity contribution in [1.29, 1.82) is 0 Å². The van der Waals surface area contributed by atoms with Crippen LogP contribution >= 0.6 is 0 Å². The average Bonchev–Trinajstić information content (AvgIpc) is 2.03. The zero-order valence-electron chi connectivity index (χ0n) is 8.25. The SMILES string of the molecule is CC(C)CCC1CCOCC1N. The van der Waals surface area contributed by atoms with Gasteiger partial charge in [0.05, 0.1) is 6.61 Å². The summed E-state index contributed by atoms with van der Waals surface area (Å²) in [5.74, 6) is 1.51. The van der Waals surface area contributed by atoms with Gasteiger partial charge in [0.25, 0.3) is 0 Å². The van der Waals surface area contributed by atoms with Gasteiger partial charge < -0.3 is 10.5 Å². The first-order valence-corrected chi connectivity index (χ1v) is 5.03. The van der Waals surface area contributed by atoms with Crippen LogP contribution in [0.15, 0.2) is 0 Å². The minimum Gasteiger partial charge on any atom is -0.380 e. The molecule has 1 aliphatic rings. The molecule has 1 heterocycles. The zero-order chi connectivity index (χ0) is 8.97. The van der Waals surface area contributed by atoms with Crippen molar-refractivity contribution in [2.45, 2.75) is 39.2 Å². The Labute approximate surface area is 75.5 Å². The van der Waals surface area contributed by atoms with Gasteiger partial charge in [-0.25, -0.2) is 0 Å². The molecule has 72 valence electrons. The maximum atomic E-state index is 5.94. The number of nitrogens with two attached hydrogens (primary N) is 1. The molecule has 2 unspecified atom stereocenters. The van der Waals surface area contributed by atoms with Crippen molar-refractivity contribution in [3.05, 3.63) is 0 Å². The Hall–Kier alpha value is -0.0800. The lowest BCUT2D eigenvalue weighted by Crippen LogP contribution is -2.39. The lowest BCUT2D eigenvalue weighted by molar-refractivity contribution is 0.0449. The highest BCUT2D eigenvalue weighted by molar-refractivity contribution is 4.76. The van der Waals surface area contributed by atoms with Gasteiger partial charge in [-0.2, -0.15) is 0 Å². The molecule has 0 bridgehead atoms. The van der Waals surface area contributed by atoms with Gasteiger partial charge in [0.2, 0.25) is 0 Å². The predicted octanol–water partition coefficient (Wildman–Crippen LogP) is 1.79. The first kappa shape index (κ1) is 10.0. The molecule has 0 spiro atoms. The van der Waals surface area contributed by atoms with Gasteiger partial charge in [0.15, 0.2) is 0 Å². The van der Waals surface area contributed by atoms with Crippen molar-refractivity contribution in [2.24, 2.45) is 17.6 Å². The van der Waals surface area contributed by atoms with E-state index in [1.165, 1.54) is 12.8 Å². The molecule has 1 fully saturated rings. The minimum absolute atomic E-state index is 0.289. The van der Waals surface area contributed by atoms with Crippen LogP contribution in [0.2, 0.25) is 0 Å². The maximum Gasteiger partial charge on any atom is 0.0620 e. The largest absolute Gasteiger partial charge is 0.380 e. The lowest BCUT2D eigenvalue weighted by Gasteiger charge is -2.29. The highest BCUT2D eigenvalue weighted by atomic mass is 16.5. The molecule has 0 aromatic heterocycles. The molecule has 0 aliphatic carbocycles. The third kappa shape index (κ3) is 3.11. The standard InChI is InChI=1S/C10H21NO/c1-8(2)3-4-9-5-6-12-7-10(9)11/h8-10H,3-7,11H2,1-2H3. The second-order valence-corrected chi connectivity index (χ2v) is 4.26. The predicted molar refractivity (Wildman–Crippen MR) is 51.0 cm³/mol. The molecule has 0 aromatic carbocycles. The fourth-order valence-corrected chi connectivity index (χ4v) is 1.71. The summed E-state index contributed by atoms with van der Waals surface area (Å²) in [7, 11) is 0. The molecular weight excluding hydrogens is 150 g/mol. The summed E-state index contributed by atoms with van der Waals surface area (Å²) in [5.41, 5.74) is 5.94. The molecule has 0 aromatic rings. The second-order valence-electron chi connectivity index (χ2n) is 4.26. The van der Waals surface area contributed by atoms with E-state index in [-0.39, 0.29) is 6.04 Å². The van der Waals surface area contributed by atoms with Gasteiger partial charge in [0.1, 0.15) is 0 Å². The molecule has 1 saturated heterocycles. The summed E-state index contributed by atoms with van der Waals surface area (Å²) >= 11 is 0. The normalized spacial score (nSPS) is 31.0. The van der Waals surface area contributed by atoms with E-state index in [1.807, 2.05) is 0 Å². The Morgan fingerprint density at radius 3 is 2.83 bits per heavy atom. The number of ether oxygens (including phenoxy) is 1. The van der Waals surface area contributed by atoms with E-state index in [1.54, 1.807) is 0 Å². The van der Waals surface area contributed by atoms with Gasteiger partial charge in [-0.15, -0.1) is 0 Å². The molecule has 2 heteroatoms. The van der Waals surface area contributed by atoms with Crippen LogP contribution in [-0.4, -0.2) is 19.3 Å². The van der Waals surface area contributed by atoms with Crippen molar-refractivity contribution in [3.8, 4) is 0 Å². The smallest absolute Gasteiger partial charge is 0.0620 e. The van der Waals surface area contributed by atoms with Gasteiger partial charge >= 0.3 is 0 Å². The molecule has 12 heavy (non-hydrogen) atoms. The fourth-order valence-electron chi connectivity index (χ4n) is 1.71. The first-order valence-electron chi connectivity index (χ1n) is 5.03. The molecule has 2 N–H and O–H groups in total. The average molecular weight is 171 g/mol. The Balaban J connectivity index is 2.20. The third-order valence-electron chi connectivity index (χ3n) is 2.66. The molecule has 2 nitrogen and oxygen atoms in total. The Kier molecular flexibility index (Phi) is 4.02. The van der Waals surface area contributed by atoms with Crippen LogP contribution in [0.4, 0.5) is 0 Å². The molecule has 0 amide bonds.